The van der Waals surface area contributed by atoms with Crippen LogP contribution >= 0.6 is 11.5 Å². The molecule has 1 atom stereocenters. The molecule has 1 rings (SSSR count). The summed E-state index contributed by atoms with van der Waals surface area (Å²) in [6.07, 6.45) is 0.789. The van der Waals surface area contributed by atoms with Crippen molar-refractivity contribution < 1.29 is 9.90 Å². The molecule has 0 aliphatic heterocycles. The van der Waals surface area contributed by atoms with Gasteiger partial charge in [-0.2, -0.15) is 4.37 Å². The van der Waals surface area contributed by atoms with Gasteiger partial charge in [-0.1, -0.05) is 27.2 Å². The van der Waals surface area contributed by atoms with Crippen molar-refractivity contribution in [2.45, 2.75) is 52.6 Å². The molecule has 0 fully saturated rings. The second-order valence-electron chi connectivity index (χ2n) is 4.82. The standard InChI is InChI=1S/C13H23N3O2S/c1-5-7-8-16(6-2)13(18)10(17)12-14-11(9(3)4)15-19-12/h9-10,17H,5-8H2,1-4H3. The molecule has 5 nitrogen and oxygen atoms in total. The van der Waals surface area contributed by atoms with Gasteiger partial charge in [0.15, 0.2) is 11.1 Å². The molecule has 6 heteroatoms. The van der Waals surface area contributed by atoms with E-state index in [1.54, 1.807) is 4.90 Å². The minimum atomic E-state index is -1.18. The van der Waals surface area contributed by atoms with Crippen LogP contribution < -0.4 is 0 Å². The molecule has 1 aromatic heterocycles. The van der Waals surface area contributed by atoms with E-state index in [0.29, 0.717) is 23.9 Å². The van der Waals surface area contributed by atoms with E-state index >= 15 is 0 Å². The van der Waals surface area contributed by atoms with Gasteiger partial charge in [0.2, 0.25) is 0 Å². The van der Waals surface area contributed by atoms with Gasteiger partial charge in [-0.15, -0.1) is 0 Å². The number of aromatic nitrogens is 2. The van der Waals surface area contributed by atoms with Crippen LogP contribution in [0.1, 0.15) is 63.4 Å². The first-order valence-corrected chi connectivity index (χ1v) is 7.58. The fourth-order valence-corrected chi connectivity index (χ4v) is 2.42. The molecule has 0 aliphatic rings. The molecule has 108 valence electrons. The number of likely N-dealkylation sites (N-methyl/N-ethyl adjacent to an activating group) is 1. The van der Waals surface area contributed by atoms with Gasteiger partial charge in [0.05, 0.1) is 0 Å². The highest BCUT2D eigenvalue weighted by atomic mass is 32.1. The molecular weight excluding hydrogens is 262 g/mol. The normalized spacial score (nSPS) is 12.7. The minimum absolute atomic E-state index is 0.203. The zero-order valence-corrected chi connectivity index (χ0v) is 12.9. The molecule has 0 saturated heterocycles. The van der Waals surface area contributed by atoms with Crippen molar-refractivity contribution in [1.82, 2.24) is 14.3 Å². The molecule has 0 aliphatic carbocycles. The van der Waals surface area contributed by atoms with Crippen molar-refractivity contribution in [2.75, 3.05) is 13.1 Å². The molecule has 19 heavy (non-hydrogen) atoms. The number of amides is 1. The SMILES string of the molecule is CCCCN(CC)C(=O)C(O)c1nc(C(C)C)ns1. The van der Waals surface area contributed by atoms with Crippen LogP contribution in [0.3, 0.4) is 0 Å². The van der Waals surface area contributed by atoms with Crippen molar-refractivity contribution in [3.05, 3.63) is 10.8 Å². The number of carbonyl (C=O) groups excluding carboxylic acids is 1. The van der Waals surface area contributed by atoms with Crippen LogP contribution in [-0.4, -0.2) is 38.4 Å². The third kappa shape index (κ3) is 4.24. The molecule has 1 aromatic rings. The Balaban J connectivity index is 2.73. The van der Waals surface area contributed by atoms with E-state index in [-0.39, 0.29) is 11.8 Å². The summed E-state index contributed by atoms with van der Waals surface area (Å²) >= 11 is 1.11. The van der Waals surface area contributed by atoms with Crippen LogP contribution in [0.2, 0.25) is 0 Å². The zero-order valence-electron chi connectivity index (χ0n) is 12.1. The first kappa shape index (κ1) is 16.0. The molecular formula is C13H23N3O2S. The van der Waals surface area contributed by atoms with Gasteiger partial charge >= 0.3 is 0 Å². The largest absolute Gasteiger partial charge is 0.376 e. The molecule has 0 saturated carbocycles. The van der Waals surface area contributed by atoms with Crippen molar-refractivity contribution in [2.24, 2.45) is 0 Å². The lowest BCUT2D eigenvalue weighted by molar-refractivity contribution is -0.140. The minimum Gasteiger partial charge on any atom is -0.376 e. The van der Waals surface area contributed by atoms with E-state index < -0.39 is 6.10 Å². The molecule has 1 unspecified atom stereocenters. The van der Waals surface area contributed by atoms with E-state index in [2.05, 4.69) is 16.3 Å². The van der Waals surface area contributed by atoms with Crippen molar-refractivity contribution >= 4 is 17.4 Å². The Labute approximate surface area is 118 Å². The number of nitrogens with zero attached hydrogens (tertiary/aromatic N) is 3. The molecule has 0 bridgehead atoms. The maximum absolute atomic E-state index is 12.2. The third-order valence-electron chi connectivity index (χ3n) is 2.92. The summed E-state index contributed by atoms with van der Waals surface area (Å²) in [5.74, 6) is 0.612. The summed E-state index contributed by atoms with van der Waals surface area (Å²) in [6, 6.07) is 0. The summed E-state index contributed by atoms with van der Waals surface area (Å²) in [5, 5.41) is 10.5. The average Bonchev–Trinajstić information content (AvgIpc) is 2.88. The number of unbranched alkanes of at least 4 members (excludes halogenated alkanes) is 1. The van der Waals surface area contributed by atoms with Gasteiger partial charge in [-0.25, -0.2) is 4.98 Å². The van der Waals surface area contributed by atoms with Crippen molar-refractivity contribution in [3.63, 3.8) is 0 Å². The van der Waals surface area contributed by atoms with Gasteiger partial charge in [-0.05, 0) is 24.9 Å². The molecule has 1 N–H and O–H groups in total. The van der Waals surface area contributed by atoms with Gasteiger partial charge in [0.25, 0.3) is 5.91 Å². The Hall–Kier alpha value is -1.01. The summed E-state index contributed by atoms with van der Waals surface area (Å²) in [4.78, 5) is 18.1. The quantitative estimate of drug-likeness (QED) is 0.835. The van der Waals surface area contributed by atoms with Crippen LogP contribution in [0.5, 0.6) is 0 Å². The number of aliphatic hydroxyl groups excluding tert-OH is 1. The number of hydrogen-bond acceptors (Lipinski definition) is 5. The first-order valence-electron chi connectivity index (χ1n) is 6.81. The topological polar surface area (TPSA) is 66.3 Å². The van der Waals surface area contributed by atoms with Crippen molar-refractivity contribution in [3.8, 4) is 0 Å². The monoisotopic (exact) mass is 285 g/mol. The fraction of sp³-hybridized carbons (Fsp3) is 0.769. The first-order chi connectivity index (χ1) is 9.01. The van der Waals surface area contributed by atoms with Gasteiger partial charge in [-0.3, -0.25) is 4.79 Å². The predicted octanol–water partition coefficient (Wildman–Crippen LogP) is 2.34. The summed E-state index contributed by atoms with van der Waals surface area (Å²) in [5.41, 5.74) is 0. The van der Waals surface area contributed by atoms with E-state index in [0.717, 1.165) is 24.4 Å². The van der Waals surface area contributed by atoms with Gasteiger partial charge < -0.3 is 10.0 Å². The maximum Gasteiger partial charge on any atom is 0.258 e. The lowest BCUT2D eigenvalue weighted by atomic mass is 10.2. The highest BCUT2D eigenvalue weighted by Crippen LogP contribution is 2.21. The van der Waals surface area contributed by atoms with Crippen LogP contribution in [0.4, 0.5) is 0 Å². The van der Waals surface area contributed by atoms with E-state index in [4.69, 9.17) is 0 Å². The van der Waals surface area contributed by atoms with E-state index in [1.165, 1.54) is 0 Å². The number of carbonyl (C=O) groups is 1. The van der Waals surface area contributed by atoms with E-state index in [9.17, 15) is 9.90 Å². The van der Waals surface area contributed by atoms with Gasteiger partial charge in [0.1, 0.15) is 5.82 Å². The Kier molecular flexibility index (Phi) is 6.37. The van der Waals surface area contributed by atoms with Crippen LogP contribution in [-0.2, 0) is 4.79 Å². The van der Waals surface area contributed by atoms with Crippen LogP contribution in [0.15, 0.2) is 0 Å². The number of rotatable bonds is 7. The summed E-state index contributed by atoms with van der Waals surface area (Å²) < 4.78 is 4.17. The number of hydrogen-bond donors (Lipinski definition) is 1. The molecule has 1 amide bonds. The average molecular weight is 285 g/mol. The Bertz CT molecular complexity index is 406. The zero-order chi connectivity index (χ0) is 14.4. The fourth-order valence-electron chi connectivity index (χ4n) is 1.64. The second-order valence-corrected chi connectivity index (χ2v) is 5.60. The Morgan fingerprint density at radius 3 is 2.58 bits per heavy atom. The highest BCUT2D eigenvalue weighted by Gasteiger charge is 2.26. The molecule has 1 heterocycles. The number of aliphatic hydroxyl groups is 1. The Morgan fingerprint density at radius 2 is 2.11 bits per heavy atom. The molecule has 0 spiro atoms. The van der Waals surface area contributed by atoms with Crippen LogP contribution in [0, 0.1) is 0 Å². The molecule has 0 aromatic carbocycles. The van der Waals surface area contributed by atoms with Crippen LogP contribution in [0.25, 0.3) is 0 Å². The Morgan fingerprint density at radius 1 is 1.42 bits per heavy atom. The smallest absolute Gasteiger partial charge is 0.258 e. The van der Waals surface area contributed by atoms with Gasteiger partial charge in [0, 0.05) is 19.0 Å². The summed E-state index contributed by atoms with van der Waals surface area (Å²) in [7, 11) is 0. The second kappa shape index (κ2) is 7.55. The van der Waals surface area contributed by atoms with Crippen molar-refractivity contribution in [1.29, 1.82) is 0 Å². The molecule has 0 radical (unpaired) electrons. The predicted molar refractivity (Wildman–Crippen MR) is 76.1 cm³/mol. The third-order valence-corrected chi connectivity index (χ3v) is 3.70. The highest BCUT2D eigenvalue weighted by molar-refractivity contribution is 7.05. The van der Waals surface area contributed by atoms with E-state index in [1.807, 2.05) is 20.8 Å². The summed E-state index contributed by atoms with van der Waals surface area (Å²) in [6.45, 7) is 9.25. The lowest BCUT2D eigenvalue weighted by Gasteiger charge is -2.22. The maximum atomic E-state index is 12.2. The lowest BCUT2D eigenvalue weighted by Crippen LogP contribution is -2.35.